The molecule has 0 rings (SSSR count). The number of hydrogen-bond acceptors (Lipinski definition) is 2. The number of unbranched alkanes of at least 4 members (excludes halogenated alkanes) is 23. The van der Waals surface area contributed by atoms with Crippen LogP contribution >= 0.6 is 0 Å². The summed E-state index contributed by atoms with van der Waals surface area (Å²) in [4.78, 5) is 14.8. The third-order valence-electron chi connectivity index (χ3n) is 7.54. The van der Waals surface area contributed by atoms with Gasteiger partial charge in [-0.1, -0.05) is 168 Å². The molecule has 0 aliphatic heterocycles. The number of amides is 1. The molecular formula is C33H67NO2. The summed E-state index contributed by atoms with van der Waals surface area (Å²) in [6, 6.07) is 0. The van der Waals surface area contributed by atoms with Gasteiger partial charge in [0.05, 0.1) is 6.61 Å². The standard InChI is InChI=1S/C33H67NO2/c1-4-7-10-13-16-18-20-22-24-27-30-34(33(35)36-32-29-26-15-12-9-6-3)31-28-25-23-21-19-17-14-11-8-5-2/h4-32H2,1-3H3. The Morgan fingerprint density at radius 1 is 0.417 bits per heavy atom. The lowest BCUT2D eigenvalue weighted by atomic mass is 10.1. The van der Waals surface area contributed by atoms with E-state index in [2.05, 4.69) is 20.8 Å². The van der Waals surface area contributed by atoms with E-state index >= 15 is 0 Å². The van der Waals surface area contributed by atoms with E-state index in [0.29, 0.717) is 6.61 Å². The van der Waals surface area contributed by atoms with E-state index in [4.69, 9.17) is 4.74 Å². The Bertz CT molecular complexity index is 402. The van der Waals surface area contributed by atoms with Crippen molar-refractivity contribution in [2.45, 2.75) is 188 Å². The summed E-state index contributed by atoms with van der Waals surface area (Å²) in [5, 5.41) is 0. The monoisotopic (exact) mass is 510 g/mol. The third kappa shape index (κ3) is 26.3. The molecule has 216 valence electrons. The van der Waals surface area contributed by atoms with Gasteiger partial charge in [-0.05, 0) is 19.3 Å². The normalized spacial score (nSPS) is 11.2. The van der Waals surface area contributed by atoms with Crippen LogP contribution in [0.4, 0.5) is 4.79 Å². The zero-order valence-corrected chi connectivity index (χ0v) is 25.3. The fraction of sp³-hybridized carbons (Fsp3) is 0.970. The van der Waals surface area contributed by atoms with Gasteiger partial charge in [-0.25, -0.2) is 4.79 Å². The second kappa shape index (κ2) is 30.5. The first-order valence-electron chi connectivity index (χ1n) is 16.7. The smallest absolute Gasteiger partial charge is 0.409 e. The van der Waals surface area contributed by atoms with Gasteiger partial charge in [0.1, 0.15) is 0 Å². The molecule has 0 unspecified atom stereocenters. The quantitative estimate of drug-likeness (QED) is 0.0938. The molecule has 0 heterocycles. The molecule has 0 radical (unpaired) electrons. The Morgan fingerprint density at radius 3 is 1.03 bits per heavy atom. The molecule has 0 fully saturated rings. The van der Waals surface area contributed by atoms with Crippen LogP contribution in [0.15, 0.2) is 0 Å². The lowest BCUT2D eigenvalue weighted by Crippen LogP contribution is -2.33. The van der Waals surface area contributed by atoms with Crippen molar-refractivity contribution in [1.82, 2.24) is 4.90 Å². The van der Waals surface area contributed by atoms with Crippen molar-refractivity contribution in [2.24, 2.45) is 0 Å². The van der Waals surface area contributed by atoms with Gasteiger partial charge < -0.3 is 9.64 Å². The van der Waals surface area contributed by atoms with Crippen LogP contribution < -0.4 is 0 Å². The Kier molecular flexibility index (Phi) is 29.9. The topological polar surface area (TPSA) is 29.5 Å². The number of nitrogens with zero attached hydrogens (tertiary/aromatic N) is 1. The molecule has 0 N–H and O–H groups in total. The molecule has 0 aliphatic carbocycles. The van der Waals surface area contributed by atoms with E-state index in [1.807, 2.05) is 4.90 Å². The highest BCUT2D eigenvalue weighted by molar-refractivity contribution is 5.67. The zero-order chi connectivity index (χ0) is 26.4. The predicted molar refractivity (Wildman–Crippen MR) is 160 cm³/mol. The lowest BCUT2D eigenvalue weighted by molar-refractivity contribution is 0.0989. The first-order chi connectivity index (χ1) is 17.8. The molecule has 3 nitrogen and oxygen atoms in total. The van der Waals surface area contributed by atoms with Crippen molar-refractivity contribution in [2.75, 3.05) is 19.7 Å². The fourth-order valence-electron chi connectivity index (χ4n) is 5.01. The Balaban J connectivity index is 4.03. The molecule has 0 spiro atoms. The van der Waals surface area contributed by atoms with Crippen molar-refractivity contribution in [3.63, 3.8) is 0 Å². The largest absolute Gasteiger partial charge is 0.449 e. The summed E-state index contributed by atoms with van der Waals surface area (Å²) in [5.74, 6) is 0. The average molecular weight is 510 g/mol. The molecule has 0 bridgehead atoms. The Hall–Kier alpha value is -0.730. The van der Waals surface area contributed by atoms with Gasteiger partial charge in [0.25, 0.3) is 0 Å². The number of carbonyl (C=O) groups is 1. The van der Waals surface area contributed by atoms with Crippen LogP contribution in [-0.4, -0.2) is 30.7 Å². The van der Waals surface area contributed by atoms with Crippen LogP contribution in [0.2, 0.25) is 0 Å². The molecule has 1 amide bonds. The summed E-state index contributed by atoms with van der Waals surface area (Å²) >= 11 is 0. The predicted octanol–water partition coefficient (Wildman–Crippen LogP) is 11.6. The molecular weight excluding hydrogens is 442 g/mol. The SMILES string of the molecule is CCCCCCCCCCCCN(CCCCCCCCCCCC)C(=O)OCCCCCCCC. The van der Waals surface area contributed by atoms with Crippen molar-refractivity contribution < 1.29 is 9.53 Å². The highest BCUT2D eigenvalue weighted by atomic mass is 16.6. The van der Waals surface area contributed by atoms with Crippen LogP contribution in [0.1, 0.15) is 188 Å². The number of rotatable bonds is 29. The number of carbonyl (C=O) groups excluding carboxylic acids is 1. The summed E-state index contributed by atoms with van der Waals surface area (Å²) in [6.45, 7) is 9.16. The van der Waals surface area contributed by atoms with Gasteiger partial charge in [-0.2, -0.15) is 0 Å². The van der Waals surface area contributed by atoms with Crippen LogP contribution in [0, 0.1) is 0 Å². The second-order valence-corrected chi connectivity index (χ2v) is 11.2. The molecule has 3 heteroatoms. The van der Waals surface area contributed by atoms with Gasteiger partial charge in [0.2, 0.25) is 0 Å². The van der Waals surface area contributed by atoms with Crippen LogP contribution in [0.25, 0.3) is 0 Å². The van der Waals surface area contributed by atoms with Gasteiger partial charge >= 0.3 is 6.09 Å². The molecule has 36 heavy (non-hydrogen) atoms. The van der Waals surface area contributed by atoms with Crippen LogP contribution in [-0.2, 0) is 4.74 Å². The Labute approximate surface area is 227 Å². The van der Waals surface area contributed by atoms with Crippen LogP contribution in [0.3, 0.4) is 0 Å². The highest BCUT2D eigenvalue weighted by Gasteiger charge is 2.14. The van der Waals surface area contributed by atoms with Gasteiger partial charge in [0.15, 0.2) is 0 Å². The minimum Gasteiger partial charge on any atom is -0.449 e. The second-order valence-electron chi connectivity index (χ2n) is 11.2. The number of hydrogen-bond donors (Lipinski definition) is 0. The van der Waals surface area contributed by atoms with Crippen molar-refractivity contribution in [1.29, 1.82) is 0 Å². The van der Waals surface area contributed by atoms with E-state index in [9.17, 15) is 4.79 Å². The maximum absolute atomic E-state index is 12.8. The zero-order valence-electron chi connectivity index (χ0n) is 25.3. The van der Waals surface area contributed by atoms with Crippen LogP contribution in [0.5, 0.6) is 0 Å². The minimum absolute atomic E-state index is 0.0598. The van der Waals surface area contributed by atoms with Crippen molar-refractivity contribution in [3.8, 4) is 0 Å². The van der Waals surface area contributed by atoms with E-state index in [1.165, 1.54) is 148 Å². The highest BCUT2D eigenvalue weighted by Crippen LogP contribution is 2.14. The Morgan fingerprint density at radius 2 is 0.694 bits per heavy atom. The minimum atomic E-state index is -0.0598. The summed E-state index contributed by atoms with van der Waals surface area (Å²) in [7, 11) is 0. The molecule has 0 saturated carbocycles. The van der Waals surface area contributed by atoms with E-state index in [-0.39, 0.29) is 6.09 Å². The first kappa shape index (κ1) is 35.3. The molecule has 0 aromatic heterocycles. The molecule has 0 aliphatic rings. The molecule has 0 atom stereocenters. The van der Waals surface area contributed by atoms with Gasteiger partial charge in [-0.15, -0.1) is 0 Å². The van der Waals surface area contributed by atoms with Gasteiger partial charge in [-0.3, -0.25) is 0 Å². The lowest BCUT2D eigenvalue weighted by Gasteiger charge is -2.22. The third-order valence-corrected chi connectivity index (χ3v) is 7.54. The molecule has 0 aromatic carbocycles. The summed E-state index contributed by atoms with van der Waals surface area (Å²) in [6.07, 6.45) is 34.0. The maximum atomic E-state index is 12.8. The van der Waals surface area contributed by atoms with Crippen molar-refractivity contribution >= 4 is 6.09 Å². The van der Waals surface area contributed by atoms with E-state index in [1.54, 1.807) is 0 Å². The number of ether oxygens (including phenoxy) is 1. The summed E-state index contributed by atoms with van der Waals surface area (Å²) < 4.78 is 5.68. The van der Waals surface area contributed by atoms with Crippen molar-refractivity contribution in [3.05, 3.63) is 0 Å². The maximum Gasteiger partial charge on any atom is 0.409 e. The fourth-order valence-corrected chi connectivity index (χ4v) is 5.01. The van der Waals surface area contributed by atoms with E-state index < -0.39 is 0 Å². The summed E-state index contributed by atoms with van der Waals surface area (Å²) in [5.41, 5.74) is 0. The average Bonchev–Trinajstić information content (AvgIpc) is 2.88. The first-order valence-corrected chi connectivity index (χ1v) is 16.7. The van der Waals surface area contributed by atoms with E-state index in [0.717, 1.165) is 32.4 Å². The van der Waals surface area contributed by atoms with Gasteiger partial charge in [0, 0.05) is 13.1 Å². The molecule has 0 aromatic rings. The molecule has 0 saturated heterocycles.